The Labute approximate surface area is 150 Å². The summed E-state index contributed by atoms with van der Waals surface area (Å²) in [6.07, 6.45) is -11.2. The van der Waals surface area contributed by atoms with Crippen LogP contribution in [-0.2, 0) is 6.18 Å². The van der Waals surface area contributed by atoms with Crippen molar-refractivity contribution in [2.45, 2.75) is 26.0 Å². The molecule has 0 saturated heterocycles. The van der Waals surface area contributed by atoms with Crippen molar-refractivity contribution in [3.63, 3.8) is 0 Å². The first-order valence-corrected chi connectivity index (χ1v) is 7.39. The molecule has 0 bridgehead atoms. The van der Waals surface area contributed by atoms with Gasteiger partial charge >= 0.3 is 6.18 Å². The van der Waals surface area contributed by atoms with Crippen molar-refractivity contribution < 1.29 is 35.5 Å². The van der Waals surface area contributed by atoms with Gasteiger partial charge in [0, 0.05) is 6.07 Å². The Morgan fingerprint density at radius 2 is 1.86 bits per heavy atom. The first-order valence-electron chi connectivity index (χ1n) is 7.39. The quantitative estimate of drug-likeness (QED) is 0.639. The summed E-state index contributed by atoms with van der Waals surface area (Å²) < 4.78 is 91.1. The molecule has 0 aliphatic carbocycles. The molecule has 0 fully saturated rings. The number of anilines is 1. The van der Waals surface area contributed by atoms with Crippen molar-refractivity contribution in [3.8, 4) is 0 Å². The van der Waals surface area contributed by atoms with E-state index in [2.05, 4.69) is 20.3 Å². The molecule has 0 aromatic carbocycles. The summed E-state index contributed by atoms with van der Waals surface area (Å²) in [4.78, 5) is 15.7. The smallest absolute Gasteiger partial charge is 0.317 e. The number of aromatic amines is 1. The maximum absolute atomic E-state index is 13.1. The third-order valence-corrected chi connectivity index (χ3v) is 3.61. The molecule has 150 valence electrons. The van der Waals surface area contributed by atoms with E-state index in [0.717, 1.165) is 6.07 Å². The summed E-state index contributed by atoms with van der Waals surface area (Å²) in [5.74, 6) is -1.20. The summed E-state index contributed by atoms with van der Waals surface area (Å²) in [6, 6.07) is 1.23. The molecule has 0 aliphatic heterocycles. The highest BCUT2D eigenvalue weighted by molar-refractivity contribution is 6.04. The lowest BCUT2D eigenvalue weighted by Gasteiger charge is -2.07. The molecule has 3 aromatic heterocycles. The highest BCUT2D eigenvalue weighted by Crippen LogP contribution is 2.35. The number of carbonyl (C=O) groups excluding carboxylic acids is 1. The van der Waals surface area contributed by atoms with Crippen molar-refractivity contribution in [2.24, 2.45) is 0 Å². The van der Waals surface area contributed by atoms with Gasteiger partial charge in [-0.1, -0.05) is 0 Å². The minimum atomic E-state index is -4.87. The van der Waals surface area contributed by atoms with Gasteiger partial charge in [0.25, 0.3) is 18.8 Å². The molecule has 7 nitrogen and oxygen atoms in total. The van der Waals surface area contributed by atoms with E-state index in [1.165, 1.54) is 6.92 Å². The molecule has 0 spiro atoms. The lowest BCUT2D eigenvalue weighted by atomic mass is 10.2. The Morgan fingerprint density at radius 1 is 1.18 bits per heavy atom. The number of hydrogen-bond acceptors (Lipinski definition) is 4. The van der Waals surface area contributed by atoms with E-state index in [9.17, 15) is 35.5 Å². The monoisotopic (exact) mass is 410 g/mol. The van der Waals surface area contributed by atoms with Crippen LogP contribution in [0.2, 0.25) is 0 Å². The zero-order valence-corrected chi connectivity index (χ0v) is 13.7. The number of nitrogens with zero attached hydrogens (tertiary/aromatic N) is 4. The number of nitrogens with one attached hydrogen (secondary N) is 2. The van der Waals surface area contributed by atoms with Gasteiger partial charge in [0.2, 0.25) is 0 Å². The van der Waals surface area contributed by atoms with E-state index < -0.39 is 59.0 Å². The number of rotatable bonds is 4. The number of halogens is 7. The number of hydrogen-bond donors (Lipinski definition) is 2. The van der Waals surface area contributed by atoms with Crippen LogP contribution in [0.3, 0.4) is 0 Å². The number of alkyl halides is 7. The van der Waals surface area contributed by atoms with Gasteiger partial charge in [-0.25, -0.2) is 27.1 Å². The fraction of sp³-hybridized carbons (Fsp3) is 0.286. The molecule has 0 radical (unpaired) electrons. The van der Waals surface area contributed by atoms with E-state index in [1.807, 2.05) is 5.32 Å². The predicted molar refractivity (Wildman–Crippen MR) is 79.2 cm³/mol. The van der Waals surface area contributed by atoms with Crippen molar-refractivity contribution in [1.29, 1.82) is 0 Å². The Kier molecular flexibility index (Phi) is 4.72. The summed E-state index contributed by atoms with van der Waals surface area (Å²) in [5, 5.41) is 10.6. The van der Waals surface area contributed by atoms with Crippen LogP contribution in [0.5, 0.6) is 0 Å². The number of fused-ring (bicyclic) bond motifs is 1. The van der Waals surface area contributed by atoms with Gasteiger partial charge in [0.15, 0.2) is 17.0 Å². The van der Waals surface area contributed by atoms with Crippen LogP contribution in [-0.4, -0.2) is 30.7 Å². The zero-order chi connectivity index (χ0) is 20.8. The van der Waals surface area contributed by atoms with Crippen LogP contribution >= 0.6 is 0 Å². The second-order valence-electron chi connectivity index (χ2n) is 5.53. The lowest BCUT2D eigenvalue weighted by molar-refractivity contribution is -0.140. The second kappa shape index (κ2) is 6.76. The van der Waals surface area contributed by atoms with Crippen LogP contribution in [0.1, 0.15) is 46.1 Å². The second-order valence-corrected chi connectivity index (χ2v) is 5.53. The van der Waals surface area contributed by atoms with E-state index in [1.54, 1.807) is 0 Å². The highest BCUT2D eigenvalue weighted by atomic mass is 19.4. The van der Waals surface area contributed by atoms with Gasteiger partial charge in [0.05, 0.1) is 11.4 Å². The Balaban J connectivity index is 2.02. The first kappa shape index (κ1) is 19.6. The highest BCUT2D eigenvalue weighted by Gasteiger charge is 2.38. The van der Waals surface area contributed by atoms with Crippen LogP contribution in [0.4, 0.5) is 36.4 Å². The number of amides is 1. The van der Waals surface area contributed by atoms with Gasteiger partial charge in [-0.15, -0.1) is 0 Å². The fourth-order valence-corrected chi connectivity index (χ4v) is 2.36. The first-order chi connectivity index (χ1) is 13.0. The molecule has 3 aromatic rings. The predicted octanol–water partition coefficient (Wildman–Crippen LogP) is 3.91. The standard InChI is InChI=1S/C14H9F7N6O/c1-4-9(10(25-24-4)14(19,20)21)23-13(28)6-3-8-22-5(11(15)16)2-7(12(17)18)27(8)26-6/h2-3,11-12H,1H3,(H,23,28)(H,24,25). The van der Waals surface area contributed by atoms with E-state index in [0.29, 0.717) is 10.6 Å². The van der Waals surface area contributed by atoms with Gasteiger partial charge < -0.3 is 5.32 Å². The normalized spacial score (nSPS) is 12.4. The largest absolute Gasteiger partial charge is 0.437 e. The molecule has 1 amide bonds. The van der Waals surface area contributed by atoms with Gasteiger partial charge in [0.1, 0.15) is 11.4 Å². The van der Waals surface area contributed by atoms with Gasteiger partial charge in [-0.3, -0.25) is 9.89 Å². The number of aromatic nitrogens is 5. The zero-order valence-electron chi connectivity index (χ0n) is 13.7. The third kappa shape index (κ3) is 3.48. The third-order valence-electron chi connectivity index (χ3n) is 3.61. The van der Waals surface area contributed by atoms with E-state index in [4.69, 9.17) is 0 Å². The molecule has 0 aliphatic rings. The van der Waals surface area contributed by atoms with E-state index >= 15 is 0 Å². The summed E-state index contributed by atoms with van der Waals surface area (Å²) >= 11 is 0. The molecule has 0 unspecified atom stereocenters. The molecular weight excluding hydrogens is 401 g/mol. The molecule has 14 heteroatoms. The average Bonchev–Trinajstić information content (AvgIpc) is 3.17. The Hall–Kier alpha value is -3.19. The minimum absolute atomic E-state index is 0.115. The number of H-pyrrole nitrogens is 1. The summed E-state index contributed by atoms with van der Waals surface area (Å²) in [7, 11) is 0. The van der Waals surface area contributed by atoms with Crippen molar-refractivity contribution in [3.05, 3.63) is 40.6 Å². The topological polar surface area (TPSA) is 88.0 Å². The van der Waals surface area contributed by atoms with Crippen LogP contribution < -0.4 is 5.32 Å². The molecule has 0 saturated carbocycles. The summed E-state index contributed by atoms with van der Waals surface area (Å²) in [6.45, 7) is 1.22. The summed E-state index contributed by atoms with van der Waals surface area (Å²) in [5.41, 5.74) is -5.18. The molecule has 3 heterocycles. The lowest BCUT2D eigenvalue weighted by Crippen LogP contribution is -2.17. The maximum Gasteiger partial charge on any atom is 0.437 e. The fourth-order valence-electron chi connectivity index (χ4n) is 2.36. The average molecular weight is 410 g/mol. The van der Waals surface area contributed by atoms with Gasteiger partial charge in [-0.2, -0.15) is 23.4 Å². The van der Waals surface area contributed by atoms with Crippen molar-refractivity contribution in [1.82, 2.24) is 24.8 Å². The maximum atomic E-state index is 13.1. The molecular formula is C14H9F7N6O. The number of carbonyl (C=O) groups is 1. The van der Waals surface area contributed by atoms with E-state index in [-0.39, 0.29) is 5.69 Å². The molecule has 2 N–H and O–H groups in total. The minimum Gasteiger partial charge on any atom is -0.317 e. The molecule has 3 rings (SSSR count). The molecule has 0 atom stereocenters. The Morgan fingerprint density at radius 3 is 2.43 bits per heavy atom. The van der Waals surface area contributed by atoms with Crippen LogP contribution in [0.25, 0.3) is 5.65 Å². The molecule has 28 heavy (non-hydrogen) atoms. The SMILES string of the molecule is Cc1[nH]nc(C(F)(F)F)c1NC(=O)c1cc2nc(C(F)F)cc(C(F)F)n2n1. The van der Waals surface area contributed by atoms with Gasteiger partial charge in [-0.05, 0) is 13.0 Å². The van der Waals surface area contributed by atoms with Crippen LogP contribution in [0.15, 0.2) is 12.1 Å². The van der Waals surface area contributed by atoms with Crippen molar-refractivity contribution in [2.75, 3.05) is 5.32 Å². The van der Waals surface area contributed by atoms with Crippen molar-refractivity contribution >= 4 is 17.2 Å². The van der Waals surface area contributed by atoms with Crippen LogP contribution in [0, 0.1) is 6.92 Å². The number of aryl methyl sites for hydroxylation is 1. The Bertz CT molecular complexity index is 1040.